The van der Waals surface area contributed by atoms with E-state index in [0.717, 1.165) is 18.2 Å². The lowest BCUT2D eigenvalue weighted by Gasteiger charge is -2.16. The molecule has 0 spiro atoms. The zero-order valence-corrected chi connectivity index (χ0v) is 13.6. The first-order valence-corrected chi connectivity index (χ1v) is 7.57. The van der Waals surface area contributed by atoms with Gasteiger partial charge in [-0.3, -0.25) is 0 Å². The lowest BCUT2D eigenvalue weighted by molar-refractivity contribution is -0.275. The molecule has 0 aliphatic carbocycles. The molecule has 0 fully saturated rings. The molecule has 2 aromatic carbocycles. The molecule has 0 bridgehead atoms. The normalized spacial score (nSPS) is 12.0. The molecule has 148 valence electrons. The van der Waals surface area contributed by atoms with E-state index in [9.17, 15) is 26.3 Å². The summed E-state index contributed by atoms with van der Waals surface area (Å²) < 4.78 is 88.1. The average molecular weight is 396 g/mol. The molecule has 0 amide bonds. The predicted molar refractivity (Wildman–Crippen MR) is 82.4 cm³/mol. The fraction of sp³-hybridized carbons (Fsp3) is 0.294. The predicted octanol–water partition coefficient (Wildman–Crippen LogP) is 4.91. The minimum Gasteiger partial charge on any atom is -0.493 e. The quantitative estimate of drug-likeness (QED) is 0.534. The number of hydrogen-bond donors (Lipinski definition) is 1. The van der Waals surface area contributed by atoms with Crippen molar-refractivity contribution >= 4 is 0 Å². The third kappa shape index (κ3) is 6.89. The minimum atomic E-state index is -5.02. The molecule has 2 aromatic rings. The topological polar surface area (TPSA) is 47.9 Å². The minimum absolute atomic E-state index is 0.0258. The summed E-state index contributed by atoms with van der Waals surface area (Å²) in [5, 5.41) is 8.71. The molecule has 10 heteroatoms. The van der Waals surface area contributed by atoms with Crippen molar-refractivity contribution in [2.45, 2.75) is 19.1 Å². The molecule has 1 N–H and O–H groups in total. The van der Waals surface area contributed by atoms with Gasteiger partial charge in [0, 0.05) is 24.7 Å². The van der Waals surface area contributed by atoms with Crippen LogP contribution in [0.2, 0.25) is 0 Å². The standard InChI is InChI=1S/C17H14F6O4/c18-16(19,20)26-13-4-1-3-11(9-13)14-6-5-12(25-8-2-7-24)10-15(14)27-17(21,22)23/h1,3-6,9-10,24H,2,7-8H2. The van der Waals surface area contributed by atoms with Gasteiger partial charge < -0.3 is 19.3 Å². The van der Waals surface area contributed by atoms with Crippen LogP contribution < -0.4 is 14.2 Å². The highest BCUT2D eigenvalue weighted by molar-refractivity contribution is 5.72. The first kappa shape index (κ1) is 20.7. The summed E-state index contributed by atoms with van der Waals surface area (Å²) in [6, 6.07) is 8.02. The summed E-state index contributed by atoms with van der Waals surface area (Å²) in [6.45, 7) is -0.0911. The van der Waals surface area contributed by atoms with E-state index < -0.39 is 24.2 Å². The second-order valence-corrected chi connectivity index (χ2v) is 5.21. The summed E-state index contributed by atoms with van der Waals surface area (Å²) in [5.41, 5.74) is -0.0765. The SMILES string of the molecule is OCCCOc1ccc(-c2cccc(OC(F)(F)F)c2)c(OC(F)(F)F)c1. The smallest absolute Gasteiger partial charge is 0.493 e. The van der Waals surface area contributed by atoms with Gasteiger partial charge in [-0.15, -0.1) is 26.3 Å². The average Bonchev–Trinajstić information content (AvgIpc) is 2.52. The van der Waals surface area contributed by atoms with E-state index in [0.29, 0.717) is 0 Å². The van der Waals surface area contributed by atoms with Gasteiger partial charge in [-0.25, -0.2) is 0 Å². The molecule has 0 aliphatic rings. The molecule has 0 aliphatic heterocycles. The molecule has 0 saturated heterocycles. The molecule has 0 aromatic heterocycles. The van der Waals surface area contributed by atoms with E-state index >= 15 is 0 Å². The Kier molecular flexibility index (Phi) is 6.42. The summed E-state index contributed by atoms with van der Waals surface area (Å²) in [7, 11) is 0. The highest BCUT2D eigenvalue weighted by atomic mass is 19.4. The maximum absolute atomic E-state index is 12.7. The maximum Gasteiger partial charge on any atom is 0.573 e. The molecule has 27 heavy (non-hydrogen) atoms. The first-order chi connectivity index (χ1) is 12.6. The Balaban J connectivity index is 2.38. The van der Waals surface area contributed by atoms with Gasteiger partial charge in [-0.2, -0.15) is 0 Å². The first-order valence-electron chi connectivity index (χ1n) is 7.57. The number of alkyl halides is 6. The van der Waals surface area contributed by atoms with Crippen molar-refractivity contribution in [2.24, 2.45) is 0 Å². The molecule has 2 rings (SSSR count). The number of halogens is 6. The van der Waals surface area contributed by atoms with E-state index in [-0.39, 0.29) is 36.5 Å². The summed E-state index contributed by atoms with van der Waals surface area (Å²) in [4.78, 5) is 0. The maximum atomic E-state index is 12.7. The largest absolute Gasteiger partial charge is 0.573 e. The number of hydrogen-bond acceptors (Lipinski definition) is 4. The van der Waals surface area contributed by atoms with Crippen molar-refractivity contribution in [3.05, 3.63) is 42.5 Å². The van der Waals surface area contributed by atoms with Crippen LogP contribution >= 0.6 is 0 Å². The van der Waals surface area contributed by atoms with Crippen molar-refractivity contribution in [1.82, 2.24) is 0 Å². The number of rotatable bonds is 7. The van der Waals surface area contributed by atoms with Gasteiger partial charge in [0.05, 0.1) is 6.61 Å². The van der Waals surface area contributed by atoms with Gasteiger partial charge in [-0.05, 0) is 29.8 Å². The molecule has 0 radical (unpaired) electrons. The Labute approximate surface area is 149 Å². The zero-order valence-electron chi connectivity index (χ0n) is 13.6. The Bertz CT molecular complexity index is 758. The van der Waals surface area contributed by atoms with E-state index in [2.05, 4.69) is 9.47 Å². The number of aliphatic hydroxyl groups is 1. The van der Waals surface area contributed by atoms with Crippen molar-refractivity contribution < 1.29 is 45.7 Å². The van der Waals surface area contributed by atoms with Crippen LogP contribution in [0.1, 0.15) is 6.42 Å². The van der Waals surface area contributed by atoms with Crippen molar-refractivity contribution in [2.75, 3.05) is 13.2 Å². The van der Waals surface area contributed by atoms with Gasteiger partial charge in [0.1, 0.15) is 17.2 Å². The monoisotopic (exact) mass is 396 g/mol. The zero-order chi connectivity index (χ0) is 20.1. The van der Waals surface area contributed by atoms with E-state index in [4.69, 9.17) is 9.84 Å². The van der Waals surface area contributed by atoms with Gasteiger partial charge >= 0.3 is 12.7 Å². The molecule has 0 unspecified atom stereocenters. The van der Waals surface area contributed by atoms with Crippen LogP contribution in [0.25, 0.3) is 11.1 Å². The lowest BCUT2D eigenvalue weighted by Crippen LogP contribution is -2.18. The molecule has 4 nitrogen and oxygen atoms in total. The van der Waals surface area contributed by atoms with Crippen LogP contribution in [-0.2, 0) is 0 Å². The second-order valence-electron chi connectivity index (χ2n) is 5.21. The van der Waals surface area contributed by atoms with Crippen LogP contribution in [-0.4, -0.2) is 31.0 Å². The number of ether oxygens (including phenoxy) is 3. The van der Waals surface area contributed by atoms with Crippen molar-refractivity contribution in [1.29, 1.82) is 0 Å². The van der Waals surface area contributed by atoms with Gasteiger partial charge in [0.2, 0.25) is 0 Å². The second kappa shape index (κ2) is 8.38. The van der Waals surface area contributed by atoms with E-state index in [1.165, 1.54) is 24.3 Å². The van der Waals surface area contributed by atoms with Crippen LogP contribution in [0.4, 0.5) is 26.3 Å². The van der Waals surface area contributed by atoms with E-state index in [1.54, 1.807) is 0 Å². The fourth-order valence-corrected chi connectivity index (χ4v) is 2.16. The van der Waals surface area contributed by atoms with Crippen LogP contribution in [0.5, 0.6) is 17.2 Å². The van der Waals surface area contributed by atoms with Crippen LogP contribution in [0.15, 0.2) is 42.5 Å². The highest BCUT2D eigenvalue weighted by Gasteiger charge is 2.33. The molecule has 0 atom stereocenters. The molecular formula is C17H14F6O4. The molecule has 0 heterocycles. The molecule has 0 saturated carbocycles. The van der Waals surface area contributed by atoms with Crippen LogP contribution in [0, 0.1) is 0 Å². The van der Waals surface area contributed by atoms with Gasteiger partial charge in [-0.1, -0.05) is 12.1 Å². The highest BCUT2D eigenvalue weighted by Crippen LogP contribution is 2.38. The summed E-state index contributed by atoms with van der Waals surface area (Å²) in [5.74, 6) is -1.18. The van der Waals surface area contributed by atoms with E-state index in [1.807, 2.05) is 0 Å². The summed E-state index contributed by atoms with van der Waals surface area (Å²) in [6.07, 6.45) is -9.68. The molecular weight excluding hydrogens is 382 g/mol. The summed E-state index contributed by atoms with van der Waals surface area (Å²) >= 11 is 0. The van der Waals surface area contributed by atoms with Crippen LogP contribution in [0.3, 0.4) is 0 Å². The number of aliphatic hydroxyl groups excluding tert-OH is 1. The lowest BCUT2D eigenvalue weighted by atomic mass is 10.0. The fourth-order valence-electron chi connectivity index (χ4n) is 2.16. The van der Waals surface area contributed by atoms with Gasteiger partial charge in [0.25, 0.3) is 0 Å². The Morgan fingerprint density at radius 3 is 2.15 bits per heavy atom. The van der Waals surface area contributed by atoms with Crippen molar-refractivity contribution in [3.63, 3.8) is 0 Å². The Morgan fingerprint density at radius 2 is 1.52 bits per heavy atom. The Morgan fingerprint density at radius 1 is 0.815 bits per heavy atom. The number of benzene rings is 2. The van der Waals surface area contributed by atoms with Crippen molar-refractivity contribution in [3.8, 4) is 28.4 Å². The van der Waals surface area contributed by atoms with Gasteiger partial charge in [0.15, 0.2) is 0 Å². The Hall–Kier alpha value is -2.62. The third-order valence-corrected chi connectivity index (χ3v) is 3.13. The third-order valence-electron chi connectivity index (χ3n) is 3.13.